The number of carboxylic acids is 1. The molecule has 0 saturated carbocycles. The lowest BCUT2D eigenvalue weighted by Gasteiger charge is -2.20. The first-order chi connectivity index (χ1) is 17.2. The van der Waals surface area contributed by atoms with Gasteiger partial charge in [-0.05, 0) is 72.9 Å². The van der Waals surface area contributed by atoms with Crippen LogP contribution in [0.1, 0.15) is 38.2 Å². The first-order valence-corrected chi connectivity index (χ1v) is 11.6. The fourth-order valence-electron chi connectivity index (χ4n) is 4.82. The molecule has 0 bridgehead atoms. The average molecular weight is 491 g/mol. The molecule has 184 valence electrons. The number of nitrogens with one attached hydrogen (secondary N) is 1. The van der Waals surface area contributed by atoms with E-state index in [1.807, 2.05) is 17.9 Å². The van der Waals surface area contributed by atoms with Crippen LogP contribution in [0, 0.1) is 25.5 Å². The molecule has 1 aliphatic rings. The topological polar surface area (TPSA) is 82.8 Å². The summed E-state index contributed by atoms with van der Waals surface area (Å²) < 4.78 is 34.1. The predicted molar refractivity (Wildman–Crippen MR) is 134 cm³/mol. The van der Waals surface area contributed by atoms with Gasteiger partial charge in [-0.2, -0.15) is 0 Å². The molecule has 3 aromatic carbocycles. The number of hydrogen-bond acceptors (Lipinski definition) is 5. The lowest BCUT2D eigenvalue weighted by molar-refractivity contribution is 0.0693. The van der Waals surface area contributed by atoms with Gasteiger partial charge in [-0.1, -0.05) is 18.2 Å². The highest BCUT2D eigenvalue weighted by Gasteiger charge is 2.25. The van der Waals surface area contributed by atoms with Crippen LogP contribution in [0.3, 0.4) is 0 Å². The number of fused-ring (bicyclic) bond motifs is 2. The van der Waals surface area contributed by atoms with Gasteiger partial charge in [0, 0.05) is 19.6 Å². The van der Waals surface area contributed by atoms with Gasteiger partial charge in [-0.3, -0.25) is 4.79 Å². The fraction of sp³-hybridized carbons (Fsp3) is 0.214. The zero-order valence-corrected chi connectivity index (χ0v) is 19.8. The zero-order chi connectivity index (χ0) is 25.6. The van der Waals surface area contributed by atoms with Gasteiger partial charge < -0.3 is 19.7 Å². The highest BCUT2D eigenvalue weighted by Crippen LogP contribution is 2.33. The van der Waals surface area contributed by atoms with E-state index in [1.54, 1.807) is 19.1 Å². The van der Waals surface area contributed by atoms with Gasteiger partial charge in [0.1, 0.15) is 22.8 Å². The minimum Gasteiger partial charge on any atom is -0.478 e. The SMILES string of the molecule is Cc1cc(CCNc2cccc(F)c2C(=O)O)c2oc(N3Cc4ccc(F)cc4C3)c(C)c(=O)c2c1. The summed E-state index contributed by atoms with van der Waals surface area (Å²) in [6, 6.07) is 12.4. The maximum atomic E-state index is 14.0. The molecule has 0 spiro atoms. The fourth-order valence-corrected chi connectivity index (χ4v) is 4.82. The highest BCUT2D eigenvalue weighted by atomic mass is 19.1. The number of rotatable bonds is 6. The van der Waals surface area contributed by atoms with Crippen molar-refractivity contribution in [3.63, 3.8) is 0 Å². The van der Waals surface area contributed by atoms with Gasteiger partial charge >= 0.3 is 5.97 Å². The first kappa shape index (κ1) is 23.5. The minimum atomic E-state index is -1.35. The van der Waals surface area contributed by atoms with Crippen molar-refractivity contribution >= 4 is 28.5 Å². The third-order valence-corrected chi connectivity index (χ3v) is 6.53. The van der Waals surface area contributed by atoms with Crippen molar-refractivity contribution in [3.8, 4) is 0 Å². The summed E-state index contributed by atoms with van der Waals surface area (Å²) in [5.74, 6) is -2.03. The quantitative estimate of drug-likeness (QED) is 0.368. The number of anilines is 2. The van der Waals surface area contributed by atoms with E-state index in [9.17, 15) is 23.5 Å². The molecule has 8 heteroatoms. The van der Waals surface area contributed by atoms with Gasteiger partial charge in [0.25, 0.3) is 0 Å². The average Bonchev–Trinajstić information content (AvgIpc) is 3.24. The molecule has 0 atom stereocenters. The minimum absolute atomic E-state index is 0.135. The molecule has 36 heavy (non-hydrogen) atoms. The van der Waals surface area contributed by atoms with Crippen LogP contribution in [-0.2, 0) is 19.5 Å². The Bertz CT molecular complexity index is 1580. The molecule has 1 aliphatic heterocycles. The van der Waals surface area contributed by atoms with Crippen LogP contribution >= 0.6 is 0 Å². The molecule has 2 N–H and O–H groups in total. The van der Waals surface area contributed by atoms with Crippen molar-refractivity contribution in [3.05, 3.63) is 104 Å². The van der Waals surface area contributed by atoms with Gasteiger partial charge in [-0.15, -0.1) is 0 Å². The summed E-state index contributed by atoms with van der Waals surface area (Å²) in [7, 11) is 0. The number of hydrogen-bond donors (Lipinski definition) is 2. The second-order valence-corrected chi connectivity index (χ2v) is 9.08. The van der Waals surface area contributed by atoms with Gasteiger partial charge in [0.15, 0.2) is 5.43 Å². The Morgan fingerprint density at radius 3 is 2.64 bits per heavy atom. The van der Waals surface area contributed by atoms with Gasteiger partial charge in [-0.25, -0.2) is 13.6 Å². The van der Waals surface area contributed by atoms with E-state index in [-0.39, 0.29) is 16.9 Å². The lowest BCUT2D eigenvalue weighted by atomic mass is 10.0. The van der Waals surface area contributed by atoms with E-state index in [1.165, 1.54) is 24.3 Å². The second kappa shape index (κ2) is 9.11. The Morgan fingerprint density at radius 2 is 1.86 bits per heavy atom. The first-order valence-electron chi connectivity index (χ1n) is 11.6. The second-order valence-electron chi connectivity index (χ2n) is 9.08. The van der Waals surface area contributed by atoms with Crippen LogP contribution < -0.4 is 15.6 Å². The molecule has 1 aromatic heterocycles. The van der Waals surface area contributed by atoms with Crippen molar-refractivity contribution in [1.82, 2.24) is 0 Å². The summed E-state index contributed by atoms with van der Waals surface area (Å²) in [5, 5.41) is 12.8. The molecule has 0 radical (unpaired) electrons. The highest BCUT2D eigenvalue weighted by molar-refractivity contribution is 5.94. The number of benzene rings is 3. The third-order valence-electron chi connectivity index (χ3n) is 6.53. The van der Waals surface area contributed by atoms with Crippen LogP contribution in [0.25, 0.3) is 11.0 Å². The normalized spacial score (nSPS) is 12.7. The summed E-state index contributed by atoms with van der Waals surface area (Å²) >= 11 is 0. The molecular formula is C28H24F2N2O4. The molecule has 0 aliphatic carbocycles. The van der Waals surface area contributed by atoms with Crippen LogP contribution in [0.4, 0.5) is 20.4 Å². The number of nitrogens with zero attached hydrogens (tertiary/aromatic N) is 1. The van der Waals surface area contributed by atoms with Crippen molar-refractivity contribution in [2.45, 2.75) is 33.4 Å². The lowest BCUT2D eigenvalue weighted by Crippen LogP contribution is -2.20. The number of aromatic carboxylic acids is 1. The number of aryl methyl sites for hydroxylation is 1. The van der Waals surface area contributed by atoms with Crippen LogP contribution in [-0.4, -0.2) is 17.6 Å². The Kier molecular flexibility index (Phi) is 5.96. The Balaban J connectivity index is 1.48. The van der Waals surface area contributed by atoms with Crippen molar-refractivity contribution < 1.29 is 23.1 Å². The molecule has 5 rings (SSSR count). The zero-order valence-electron chi connectivity index (χ0n) is 19.8. The molecule has 0 saturated heterocycles. The molecular weight excluding hydrogens is 466 g/mol. The third kappa shape index (κ3) is 4.19. The molecule has 0 unspecified atom stereocenters. The van der Waals surface area contributed by atoms with E-state index in [0.29, 0.717) is 48.5 Å². The maximum Gasteiger partial charge on any atom is 0.340 e. The molecule has 6 nitrogen and oxygen atoms in total. The molecule has 4 aromatic rings. The van der Waals surface area contributed by atoms with Crippen molar-refractivity contribution in [2.75, 3.05) is 16.8 Å². The monoisotopic (exact) mass is 490 g/mol. The van der Waals surface area contributed by atoms with E-state index in [4.69, 9.17) is 4.42 Å². The van der Waals surface area contributed by atoms with E-state index < -0.39 is 17.3 Å². The summed E-state index contributed by atoms with van der Waals surface area (Å²) in [6.45, 7) is 4.85. The van der Waals surface area contributed by atoms with Crippen LogP contribution in [0.2, 0.25) is 0 Å². The van der Waals surface area contributed by atoms with E-state index >= 15 is 0 Å². The smallest absolute Gasteiger partial charge is 0.340 e. The molecule has 0 amide bonds. The molecule has 0 fully saturated rings. The summed E-state index contributed by atoms with van der Waals surface area (Å²) in [4.78, 5) is 26.7. The molecule has 2 heterocycles. The standard InChI is InChI=1S/C28H24F2N2O4/c1-15-10-17(8-9-31-23-5-3-4-22(30)24(23)28(34)35)26-21(11-15)25(33)16(2)27(36-26)32-13-18-6-7-20(29)12-19(18)14-32/h3-7,10-12,31H,8-9,13-14H2,1-2H3,(H,34,35). The van der Waals surface area contributed by atoms with E-state index in [0.717, 1.165) is 28.3 Å². The van der Waals surface area contributed by atoms with Gasteiger partial charge in [0.05, 0.1) is 16.6 Å². The van der Waals surface area contributed by atoms with E-state index in [2.05, 4.69) is 5.32 Å². The van der Waals surface area contributed by atoms with Gasteiger partial charge in [0.2, 0.25) is 5.88 Å². The van der Waals surface area contributed by atoms with Crippen molar-refractivity contribution in [2.24, 2.45) is 0 Å². The largest absolute Gasteiger partial charge is 0.478 e. The van der Waals surface area contributed by atoms with Crippen LogP contribution in [0.5, 0.6) is 0 Å². The Morgan fingerprint density at radius 1 is 1.08 bits per heavy atom. The summed E-state index contributed by atoms with van der Waals surface area (Å²) in [6.07, 6.45) is 0.407. The number of carboxylic acid groups (broad SMARTS) is 1. The Hall–Kier alpha value is -4.20. The number of halogens is 2. The van der Waals surface area contributed by atoms with Crippen molar-refractivity contribution in [1.29, 1.82) is 0 Å². The Labute approximate surface area is 205 Å². The number of carbonyl (C=O) groups is 1. The van der Waals surface area contributed by atoms with Crippen LogP contribution in [0.15, 0.2) is 57.7 Å². The predicted octanol–water partition coefficient (Wildman–Crippen LogP) is 5.56. The maximum absolute atomic E-state index is 14.0. The summed E-state index contributed by atoms with van der Waals surface area (Å²) in [5.41, 5.74) is 4.06.